The molecule has 0 aliphatic heterocycles. The molecule has 0 N–H and O–H groups in total. The standard InChI is InChI=1S/C15H18O2/c16-14(11-12-7-3-1-4-8-12)15(17)13-9-5-2-6-10-13/h1,3-4,7-8,13H,2,5-6,9-11H2. The fourth-order valence-corrected chi connectivity index (χ4v) is 2.46. The Morgan fingerprint density at radius 3 is 2.29 bits per heavy atom. The van der Waals surface area contributed by atoms with Gasteiger partial charge in [-0.15, -0.1) is 0 Å². The molecule has 0 aromatic heterocycles. The van der Waals surface area contributed by atoms with E-state index in [-0.39, 0.29) is 23.9 Å². The number of hydrogen-bond acceptors (Lipinski definition) is 2. The van der Waals surface area contributed by atoms with Crippen molar-refractivity contribution in [3.8, 4) is 0 Å². The van der Waals surface area contributed by atoms with Gasteiger partial charge in [0.2, 0.25) is 11.6 Å². The van der Waals surface area contributed by atoms with Crippen molar-refractivity contribution >= 4 is 11.6 Å². The molecule has 2 nitrogen and oxygen atoms in total. The first-order valence-corrected chi connectivity index (χ1v) is 6.38. The molecule has 17 heavy (non-hydrogen) atoms. The third-order valence-corrected chi connectivity index (χ3v) is 3.46. The van der Waals surface area contributed by atoms with Crippen LogP contribution < -0.4 is 0 Å². The molecule has 1 aromatic carbocycles. The van der Waals surface area contributed by atoms with E-state index in [1.165, 1.54) is 6.42 Å². The van der Waals surface area contributed by atoms with Crippen molar-refractivity contribution < 1.29 is 9.59 Å². The van der Waals surface area contributed by atoms with Crippen molar-refractivity contribution in [3.05, 3.63) is 35.9 Å². The van der Waals surface area contributed by atoms with Gasteiger partial charge in [0.05, 0.1) is 0 Å². The molecule has 2 heteroatoms. The summed E-state index contributed by atoms with van der Waals surface area (Å²) < 4.78 is 0. The summed E-state index contributed by atoms with van der Waals surface area (Å²) in [5.41, 5.74) is 0.932. The Labute approximate surface area is 102 Å². The largest absolute Gasteiger partial charge is 0.291 e. The van der Waals surface area contributed by atoms with Gasteiger partial charge in [-0.1, -0.05) is 49.6 Å². The van der Waals surface area contributed by atoms with Crippen molar-refractivity contribution in [1.82, 2.24) is 0 Å². The summed E-state index contributed by atoms with van der Waals surface area (Å²) >= 11 is 0. The second-order valence-electron chi connectivity index (χ2n) is 4.78. The van der Waals surface area contributed by atoms with E-state index < -0.39 is 0 Å². The molecule has 0 unspecified atom stereocenters. The first-order valence-electron chi connectivity index (χ1n) is 6.38. The number of rotatable bonds is 4. The van der Waals surface area contributed by atoms with Crippen molar-refractivity contribution in [2.24, 2.45) is 5.92 Å². The highest BCUT2D eigenvalue weighted by atomic mass is 16.2. The van der Waals surface area contributed by atoms with Gasteiger partial charge >= 0.3 is 0 Å². The number of carbonyl (C=O) groups excluding carboxylic acids is 2. The quantitative estimate of drug-likeness (QED) is 0.745. The van der Waals surface area contributed by atoms with Crippen molar-refractivity contribution in [2.45, 2.75) is 38.5 Å². The minimum atomic E-state index is -0.219. The molecule has 0 spiro atoms. The summed E-state index contributed by atoms with van der Waals surface area (Å²) in [4.78, 5) is 23.8. The highest BCUT2D eigenvalue weighted by Gasteiger charge is 2.26. The van der Waals surface area contributed by atoms with E-state index in [1.807, 2.05) is 30.3 Å². The minimum Gasteiger partial charge on any atom is -0.291 e. The summed E-state index contributed by atoms with van der Waals surface area (Å²) in [5, 5.41) is 0. The lowest BCUT2D eigenvalue weighted by molar-refractivity contribution is -0.139. The molecule has 0 atom stereocenters. The summed E-state index contributed by atoms with van der Waals surface area (Å²) in [6.45, 7) is 0. The lowest BCUT2D eigenvalue weighted by atomic mass is 9.84. The van der Waals surface area contributed by atoms with Crippen LogP contribution in [0, 0.1) is 5.92 Å². The van der Waals surface area contributed by atoms with Crippen LogP contribution in [0.5, 0.6) is 0 Å². The molecular formula is C15H18O2. The molecule has 0 amide bonds. The van der Waals surface area contributed by atoms with Crippen LogP contribution in [0.1, 0.15) is 37.7 Å². The van der Waals surface area contributed by atoms with Gasteiger partial charge in [0, 0.05) is 12.3 Å². The van der Waals surface area contributed by atoms with Gasteiger partial charge in [-0.3, -0.25) is 9.59 Å². The van der Waals surface area contributed by atoms with Crippen LogP contribution in [0.2, 0.25) is 0 Å². The molecular weight excluding hydrogens is 212 g/mol. The average molecular weight is 230 g/mol. The van der Waals surface area contributed by atoms with Gasteiger partial charge in [-0.25, -0.2) is 0 Å². The van der Waals surface area contributed by atoms with Gasteiger partial charge < -0.3 is 0 Å². The van der Waals surface area contributed by atoms with E-state index in [0.29, 0.717) is 0 Å². The average Bonchev–Trinajstić information content (AvgIpc) is 2.40. The predicted octanol–water partition coefficient (Wildman–Crippen LogP) is 2.95. The fourth-order valence-electron chi connectivity index (χ4n) is 2.46. The Morgan fingerprint density at radius 2 is 1.65 bits per heavy atom. The van der Waals surface area contributed by atoms with Gasteiger partial charge in [-0.2, -0.15) is 0 Å². The molecule has 1 aliphatic carbocycles. The lowest BCUT2D eigenvalue weighted by Crippen LogP contribution is -2.26. The molecule has 90 valence electrons. The van der Waals surface area contributed by atoms with Crippen molar-refractivity contribution in [3.63, 3.8) is 0 Å². The van der Waals surface area contributed by atoms with E-state index in [2.05, 4.69) is 0 Å². The number of ketones is 2. The van der Waals surface area contributed by atoms with Crippen LogP contribution in [-0.4, -0.2) is 11.6 Å². The third kappa shape index (κ3) is 3.26. The third-order valence-electron chi connectivity index (χ3n) is 3.46. The van der Waals surface area contributed by atoms with Gasteiger partial charge in [0.25, 0.3) is 0 Å². The Balaban J connectivity index is 1.93. The predicted molar refractivity (Wildman–Crippen MR) is 66.7 cm³/mol. The zero-order valence-corrected chi connectivity index (χ0v) is 10.0. The lowest BCUT2D eigenvalue weighted by Gasteiger charge is -2.19. The zero-order chi connectivity index (χ0) is 12.1. The van der Waals surface area contributed by atoms with E-state index in [4.69, 9.17) is 0 Å². The number of benzene rings is 1. The smallest absolute Gasteiger partial charge is 0.203 e. The summed E-state index contributed by atoms with van der Waals surface area (Å²) in [6, 6.07) is 9.50. The normalized spacial score (nSPS) is 16.7. The molecule has 1 aromatic rings. The summed E-state index contributed by atoms with van der Waals surface area (Å²) in [5.74, 6) is -0.364. The molecule has 2 rings (SSSR count). The van der Waals surface area contributed by atoms with Crippen LogP contribution >= 0.6 is 0 Å². The molecule has 0 radical (unpaired) electrons. The van der Waals surface area contributed by atoms with E-state index in [9.17, 15) is 9.59 Å². The van der Waals surface area contributed by atoms with E-state index in [0.717, 1.165) is 31.2 Å². The maximum atomic E-state index is 12.0. The molecule has 1 aliphatic rings. The molecule has 0 heterocycles. The maximum Gasteiger partial charge on any atom is 0.203 e. The van der Waals surface area contributed by atoms with Crippen molar-refractivity contribution in [2.75, 3.05) is 0 Å². The van der Waals surface area contributed by atoms with Crippen LogP contribution in [0.3, 0.4) is 0 Å². The first-order chi connectivity index (χ1) is 8.27. The van der Waals surface area contributed by atoms with E-state index in [1.54, 1.807) is 0 Å². The maximum absolute atomic E-state index is 12.0. The fraction of sp³-hybridized carbons (Fsp3) is 0.467. The Hall–Kier alpha value is -1.44. The van der Waals surface area contributed by atoms with Gasteiger partial charge in [-0.05, 0) is 18.4 Å². The molecule has 0 bridgehead atoms. The first kappa shape index (κ1) is 12.0. The highest BCUT2D eigenvalue weighted by molar-refractivity contribution is 6.38. The van der Waals surface area contributed by atoms with Crippen LogP contribution in [0.15, 0.2) is 30.3 Å². The Bertz CT molecular complexity index is 389. The SMILES string of the molecule is O=C(Cc1ccccc1)C(=O)C1CCCCC1. The Kier molecular flexibility index (Phi) is 4.08. The topological polar surface area (TPSA) is 34.1 Å². The van der Waals surface area contributed by atoms with Crippen LogP contribution in [-0.2, 0) is 16.0 Å². The van der Waals surface area contributed by atoms with Crippen LogP contribution in [0.4, 0.5) is 0 Å². The summed E-state index contributed by atoms with van der Waals surface area (Å²) in [6.07, 6.45) is 5.45. The van der Waals surface area contributed by atoms with Gasteiger partial charge in [0.15, 0.2) is 0 Å². The number of Topliss-reactive ketones (excluding diaryl/α,β-unsaturated/α-hetero) is 2. The molecule has 1 fully saturated rings. The highest BCUT2D eigenvalue weighted by Crippen LogP contribution is 2.24. The second-order valence-corrected chi connectivity index (χ2v) is 4.78. The monoisotopic (exact) mass is 230 g/mol. The second kappa shape index (κ2) is 5.76. The van der Waals surface area contributed by atoms with Crippen molar-refractivity contribution in [1.29, 1.82) is 0 Å². The van der Waals surface area contributed by atoms with E-state index >= 15 is 0 Å². The Morgan fingerprint density at radius 1 is 1.00 bits per heavy atom. The van der Waals surface area contributed by atoms with Crippen LogP contribution in [0.25, 0.3) is 0 Å². The number of carbonyl (C=O) groups is 2. The molecule has 0 saturated heterocycles. The summed E-state index contributed by atoms with van der Waals surface area (Å²) in [7, 11) is 0. The minimum absolute atomic E-state index is 0.0000350. The number of hydrogen-bond donors (Lipinski definition) is 0. The zero-order valence-electron chi connectivity index (χ0n) is 10.0. The molecule has 1 saturated carbocycles. The van der Waals surface area contributed by atoms with Gasteiger partial charge in [0.1, 0.15) is 0 Å².